The number of carbonyl (C=O) groups is 1. The highest BCUT2D eigenvalue weighted by Gasteiger charge is 2.40. The molecule has 3 fully saturated rings. The predicted octanol–water partition coefficient (Wildman–Crippen LogP) is 3.39. The van der Waals surface area contributed by atoms with Crippen LogP contribution in [-0.2, 0) is 0 Å². The van der Waals surface area contributed by atoms with Crippen LogP contribution in [0.5, 0.6) is 11.5 Å². The number of nitrogens with one attached hydrogen (secondary N) is 1. The topological polar surface area (TPSA) is 54.5 Å². The normalized spacial score (nSPS) is 27.2. The van der Waals surface area contributed by atoms with Gasteiger partial charge in [-0.2, -0.15) is 0 Å². The lowest BCUT2D eigenvalue weighted by Crippen LogP contribution is -2.62. The van der Waals surface area contributed by atoms with Crippen molar-refractivity contribution in [3.05, 3.63) is 53.9 Å². The lowest BCUT2D eigenvalue weighted by Gasteiger charge is -2.49. The molecule has 4 heterocycles. The van der Waals surface area contributed by atoms with Crippen LogP contribution in [0.4, 0.5) is 0 Å². The highest BCUT2D eigenvalue weighted by Crippen LogP contribution is 2.32. The highest BCUT2D eigenvalue weighted by atomic mass is 16.5. The zero-order chi connectivity index (χ0) is 18.1. The fourth-order valence-corrected chi connectivity index (χ4v) is 4.17. The van der Waals surface area contributed by atoms with Crippen LogP contribution in [0, 0.1) is 12.8 Å². The summed E-state index contributed by atoms with van der Waals surface area (Å²) < 4.78 is 5.80. The molecule has 1 N–H and O–H groups in total. The molecule has 5 heteroatoms. The summed E-state index contributed by atoms with van der Waals surface area (Å²) in [4.78, 5) is 19.3. The van der Waals surface area contributed by atoms with Crippen molar-refractivity contribution in [2.75, 3.05) is 13.1 Å². The fraction of sp³-hybridized carbons (Fsp3) is 0.429. The summed E-state index contributed by atoms with van der Waals surface area (Å²) in [7, 11) is 0. The van der Waals surface area contributed by atoms with Crippen LogP contribution in [0.25, 0.3) is 0 Å². The Balaban J connectivity index is 1.41. The third-order valence-electron chi connectivity index (χ3n) is 5.68. The van der Waals surface area contributed by atoms with Crippen LogP contribution < -0.4 is 10.1 Å². The Kier molecular flexibility index (Phi) is 4.64. The third-order valence-corrected chi connectivity index (χ3v) is 5.68. The molecular formula is C21H25N3O2. The smallest absolute Gasteiger partial charge is 0.251 e. The summed E-state index contributed by atoms with van der Waals surface area (Å²) >= 11 is 0. The first-order chi connectivity index (χ1) is 12.6. The molecule has 0 saturated carbocycles. The summed E-state index contributed by atoms with van der Waals surface area (Å²) in [5.41, 5.74) is 1.72. The van der Waals surface area contributed by atoms with Crippen LogP contribution in [0.15, 0.2) is 42.7 Å². The molecule has 1 aromatic heterocycles. The van der Waals surface area contributed by atoms with E-state index in [9.17, 15) is 4.79 Å². The molecule has 2 aromatic rings. The zero-order valence-corrected chi connectivity index (χ0v) is 15.3. The number of nitrogens with zero attached hydrogens (tertiary/aromatic N) is 2. The first kappa shape index (κ1) is 17.0. The Morgan fingerprint density at radius 3 is 2.54 bits per heavy atom. The number of piperidine rings is 3. The van der Waals surface area contributed by atoms with E-state index in [1.807, 2.05) is 37.3 Å². The van der Waals surface area contributed by atoms with Crippen molar-refractivity contribution in [3.63, 3.8) is 0 Å². The lowest BCUT2D eigenvalue weighted by molar-refractivity contribution is 0.0217. The van der Waals surface area contributed by atoms with Crippen molar-refractivity contribution >= 4 is 5.91 Å². The molecule has 3 aliphatic rings. The van der Waals surface area contributed by atoms with E-state index >= 15 is 0 Å². The summed E-state index contributed by atoms with van der Waals surface area (Å²) in [5, 5.41) is 3.26. The van der Waals surface area contributed by atoms with Crippen LogP contribution in [0.2, 0.25) is 0 Å². The Morgan fingerprint density at radius 1 is 1.15 bits per heavy atom. The molecule has 3 aliphatic heterocycles. The van der Waals surface area contributed by atoms with E-state index in [1.165, 1.54) is 12.8 Å². The van der Waals surface area contributed by atoms with Gasteiger partial charge in [-0.1, -0.05) is 0 Å². The van der Waals surface area contributed by atoms with Crippen molar-refractivity contribution in [1.82, 2.24) is 15.2 Å². The van der Waals surface area contributed by atoms with Gasteiger partial charge in [-0.05, 0) is 81.6 Å². The molecule has 5 rings (SSSR count). The standard InChI is InChI=1S/C21H25N3O2/c1-14-11-19(13-22-12-14)26-18-5-3-17(4-6-18)21(25)23-20-15(2)24-9-7-16(20)8-10-24/h3-6,11-13,15-16,20H,7-10H2,1-2H3,(H,23,25)/t15-,20-/m0/s1. The van der Waals surface area contributed by atoms with Crippen molar-refractivity contribution in [2.24, 2.45) is 5.92 Å². The molecule has 3 saturated heterocycles. The molecule has 5 nitrogen and oxygen atoms in total. The number of fused-ring (bicyclic) bond motifs is 3. The molecule has 1 amide bonds. The zero-order valence-electron chi connectivity index (χ0n) is 15.3. The van der Waals surface area contributed by atoms with Gasteiger partial charge in [-0.25, -0.2) is 0 Å². The average molecular weight is 351 g/mol. The van der Waals surface area contributed by atoms with Gasteiger partial charge in [0.1, 0.15) is 11.5 Å². The minimum absolute atomic E-state index is 0.000581. The minimum Gasteiger partial charge on any atom is -0.456 e. The van der Waals surface area contributed by atoms with Gasteiger partial charge in [0.05, 0.1) is 6.20 Å². The summed E-state index contributed by atoms with van der Waals surface area (Å²) in [6.45, 7) is 6.53. The number of ether oxygens (including phenoxy) is 1. The number of benzene rings is 1. The van der Waals surface area contributed by atoms with E-state index in [1.54, 1.807) is 12.4 Å². The van der Waals surface area contributed by atoms with Crippen LogP contribution in [-0.4, -0.2) is 41.0 Å². The number of carbonyl (C=O) groups excluding carboxylic acids is 1. The van der Waals surface area contributed by atoms with Crippen molar-refractivity contribution in [3.8, 4) is 11.5 Å². The quantitative estimate of drug-likeness (QED) is 0.917. The molecule has 0 spiro atoms. The van der Waals surface area contributed by atoms with E-state index in [0.717, 1.165) is 18.7 Å². The van der Waals surface area contributed by atoms with E-state index < -0.39 is 0 Å². The van der Waals surface area contributed by atoms with Gasteiger partial charge in [-0.15, -0.1) is 0 Å². The van der Waals surface area contributed by atoms with Crippen LogP contribution in [0.1, 0.15) is 35.7 Å². The van der Waals surface area contributed by atoms with Gasteiger partial charge in [0.2, 0.25) is 0 Å². The van der Waals surface area contributed by atoms with Crippen molar-refractivity contribution in [1.29, 1.82) is 0 Å². The Labute approximate surface area is 154 Å². The maximum atomic E-state index is 12.7. The van der Waals surface area contributed by atoms with E-state index in [2.05, 4.69) is 22.1 Å². The summed E-state index contributed by atoms with van der Waals surface area (Å²) in [6, 6.07) is 9.90. The minimum atomic E-state index is -0.000581. The van der Waals surface area contributed by atoms with Gasteiger partial charge in [0.15, 0.2) is 0 Å². The largest absolute Gasteiger partial charge is 0.456 e. The maximum absolute atomic E-state index is 12.7. The van der Waals surface area contributed by atoms with Gasteiger partial charge < -0.3 is 10.1 Å². The number of pyridine rings is 1. The summed E-state index contributed by atoms with van der Waals surface area (Å²) in [5.74, 6) is 2.00. The van der Waals surface area contributed by atoms with E-state index in [4.69, 9.17) is 4.74 Å². The Morgan fingerprint density at radius 2 is 1.88 bits per heavy atom. The first-order valence-corrected chi connectivity index (χ1v) is 9.34. The Hall–Kier alpha value is -2.40. The Bertz CT molecular complexity index is 780. The fourth-order valence-electron chi connectivity index (χ4n) is 4.17. The molecule has 0 radical (unpaired) electrons. The monoisotopic (exact) mass is 351 g/mol. The van der Waals surface area contributed by atoms with Gasteiger partial charge in [0.25, 0.3) is 5.91 Å². The van der Waals surface area contributed by atoms with Crippen molar-refractivity contribution < 1.29 is 9.53 Å². The van der Waals surface area contributed by atoms with Crippen molar-refractivity contribution in [2.45, 2.75) is 38.8 Å². The molecule has 0 unspecified atom stereocenters. The SMILES string of the molecule is Cc1cncc(Oc2ccc(C(=O)N[C@@H]3C4CCN(CC4)[C@H]3C)cc2)c1. The summed E-state index contributed by atoms with van der Waals surface area (Å²) in [6.07, 6.45) is 5.84. The molecule has 26 heavy (non-hydrogen) atoms. The first-order valence-electron chi connectivity index (χ1n) is 9.34. The number of rotatable bonds is 4. The third kappa shape index (κ3) is 3.44. The maximum Gasteiger partial charge on any atom is 0.251 e. The lowest BCUT2D eigenvalue weighted by atomic mass is 9.79. The second-order valence-electron chi connectivity index (χ2n) is 7.44. The highest BCUT2D eigenvalue weighted by molar-refractivity contribution is 5.94. The van der Waals surface area contributed by atoms with Crippen LogP contribution >= 0.6 is 0 Å². The number of hydrogen-bond donors (Lipinski definition) is 1. The van der Waals surface area contributed by atoms with E-state index in [-0.39, 0.29) is 11.9 Å². The molecule has 2 bridgehead atoms. The molecule has 1 aromatic carbocycles. The molecule has 2 atom stereocenters. The second-order valence-corrected chi connectivity index (χ2v) is 7.44. The van der Waals surface area contributed by atoms with Gasteiger partial charge in [0, 0.05) is 23.8 Å². The predicted molar refractivity (Wildman–Crippen MR) is 101 cm³/mol. The average Bonchev–Trinajstić information content (AvgIpc) is 2.65. The molecule has 0 aliphatic carbocycles. The number of amides is 1. The van der Waals surface area contributed by atoms with E-state index in [0.29, 0.717) is 29.0 Å². The van der Waals surface area contributed by atoms with Crippen LogP contribution in [0.3, 0.4) is 0 Å². The molecular weight excluding hydrogens is 326 g/mol. The number of hydrogen-bond acceptors (Lipinski definition) is 4. The molecule has 136 valence electrons. The van der Waals surface area contributed by atoms with Gasteiger partial charge >= 0.3 is 0 Å². The number of aryl methyl sites for hydroxylation is 1. The number of aromatic nitrogens is 1. The second kappa shape index (κ2) is 7.08. The van der Waals surface area contributed by atoms with Gasteiger partial charge in [-0.3, -0.25) is 14.7 Å².